The highest BCUT2D eigenvalue weighted by molar-refractivity contribution is 6.30. The smallest absolute Gasteiger partial charge is 0.124 e. The van der Waals surface area contributed by atoms with Gasteiger partial charge in [-0.05, 0) is 42.8 Å². The fourth-order valence-electron chi connectivity index (χ4n) is 3.38. The summed E-state index contributed by atoms with van der Waals surface area (Å²) in [6, 6.07) is 16.3. The van der Waals surface area contributed by atoms with E-state index in [0.29, 0.717) is 0 Å². The van der Waals surface area contributed by atoms with Crippen molar-refractivity contribution in [3.8, 4) is 5.75 Å². The fraction of sp³-hybridized carbons (Fsp3) is 0.250. The van der Waals surface area contributed by atoms with E-state index in [1.54, 1.807) is 0 Å². The van der Waals surface area contributed by atoms with Crippen molar-refractivity contribution in [2.75, 3.05) is 6.54 Å². The zero-order chi connectivity index (χ0) is 16.5. The van der Waals surface area contributed by atoms with Gasteiger partial charge in [-0.1, -0.05) is 29.8 Å². The van der Waals surface area contributed by atoms with Crippen molar-refractivity contribution >= 4 is 22.5 Å². The van der Waals surface area contributed by atoms with E-state index in [1.165, 1.54) is 10.9 Å². The van der Waals surface area contributed by atoms with E-state index in [2.05, 4.69) is 41.1 Å². The molecule has 4 rings (SSSR count). The van der Waals surface area contributed by atoms with E-state index >= 15 is 0 Å². The second-order valence-corrected chi connectivity index (χ2v) is 6.77. The van der Waals surface area contributed by atoms with Gasteiger partial charge in [0.05, 0.1) is 5.52 Å². The second kappa shape index (κ2) is 6.42. The highest BCUT2D eigenvalue weighted by Crippen LogP contribution is 2.29. The number of benzene rings is 2. The summed E-state index contributed by atoms with van der Waals surface area (Å²) in [7, 11) is 0. The highest BCUT2D eigenvalue weighted by atomic mass is 35.5. The second-order valence-electron chi connectivity index (χ2n) is 6.34. The summed E-state index contributed by atoms with van der Waals surface area (Å²) < 4.78 is 6.05. The Morgan fingerprint density at radius 2 is 2.12 bits per heavy atom. The third kappa shape index (κ3) is 3.10. The van der Waals surface area contributed by atoms with Crippen LogP contribution in [-0.2, 0) is 13.1 Å². The molecule has 0 N–H and O–H groups in total. The van der Waals surface area contributed by atoms with Gasteiger partial charge in [0.2, 0.25) is 0 Å². The molecule has 2 aromatic carbocycles. The maximum Gasteiger partial charge on any atom is 0.124 e. The Bertz CT molecular complexity index is 875. The molecule has 1 atom stereocenters. The Morgan fingerprint density at radius 1 is 1.21 bits per heavy atom. The van der Waals surface area contributed by atoms with Crippen LogP contribution in [0.3, 0.4) is 0 Å². The first-order valence-electron chi connectivity index (χ1n) is 8.19. The number of rotatable bonds is 2. The van der Waals surface area contributed by atoms with Gasteiger partial charge >= 0.3 is 0 Å². The van der Waals surface area contributed by atoms with E-state index in [9.17, 15) is 0 Å². The van der Waals surface area contributed by atoms with E-state index in [-0.39, 0.29) is 6.10 Å². The van der Waals surface area contributed by atoms with Crippen molar-refractivity contribution in [3.05, 3.63) is 70.9 Å². The summed E-state index contributed by atoms with van der Waals surface area (Å²) in [6.07, 6.45) is 1.98. The lowest BCUT2D eigenvalue weighted by atomic mass is 10.1. The van der Waals surface area contributed by atoms with Gasteiger partial charge in [0.1, 0.15) is 11.9 Å². The summed E-state index contributed by atoms with van der Waals surface area (Å²) in [6.45, 7) is 4.68. The molecule has 1 aliphatic heterocycles. The third-order valence-corrected chi connectivity index (χ3v) is 4.62. The highest BCUT2D eigenvalue weighted by Gasteiger charge is 2.21. The zero-order valence-corrected chi connectivity index (χ0v) is 14.3. The molecule has 0 saturated heterocycles. The van der Waals surface area contributed by atoms with Crippen LogP contribution in [-0.4, -0.2) is 22.5 Å². The topological polar surface area (TPSA) is 25.4 Å². The minimum absolute atomic E-state index is 0.139. The summed E-state index contributed by atoms with van der Waals surface area (Å²) >= 11 is 6.17. The van der Waals surface area contributed by atoms with Crippen LogP contribution in [0, 0.1) is 0 Å². The fourth-order valence-corrected chi connectivity index (χ4v) is 3.57. The number of halogens is 1. The van der Waals surface area contributed by atoms with Crippen LogP contribution in [0.15, 0.2) is 54.7 Å². The molecule has 24 heavy (non-hydrogen) atoms. The van der Waals surface area contributed by atoms with Gasteiger partial charge in [0, 0.05) is 41.8 Å². The van der Waals surface area contributed by atoms with Crippen LogP contribution >= 0.6 is 11.6 Å². The van der Waals surface area contributed by atoms with Gasteiger partial charge in [-0.2, -0.15) is 0 Å². The largest absolute Gasteiger partial charge is 0.489 e. The SMILES string of the molecule is CC1CN(Cc2cccc3ncccc23)Cc2cc(Cl)ccc2O1. The molecule has 0 saturated carbocycles. The third-order valence-electron chi connectivity index (χ3n) is 4.39. The molecule has 1 aliphatic rings. The van der Waals surface area contributed by atoms with Gasteiger partial charge in [-0.15, -0.1) is 0 Å². The number of hydrogen-bond donors (Lipinski definition) is 0. The lowest BCUT2D eigenvalue weighted by molar-refractivity contribution is 0.157. The molecule has 0 fully saturated rings. The van der Waals surface area contributed by atoms with Crippen molar-refractivity contribution in [2.45, 2.75) is 26.1 Å². The molecule has 4 heteroatoms. The maximum atomic E-state index is 6.17. The van der Waals surface area contributed by atoms with Gasteiger partial charge < -0.3 is 4.74 Å². The molecule has 3 nitrogen and oxygen atoms in total. The van der Waals surface area contributed by atoms with Crippen LogP contribution in [0.5, 0.6) is 5.75 Å². The number of nitrogens with zero attached hydrogens (tertiary/aromatic N) is 2. The summed E-state index contributed by atoms with van der Waals surface area (Å²) in [4.78, 5) is 6.87. The minimum atomic E-state index is 0.139. The summed E-state index contributed by atoms with van der Waals surface area (Å²) in [5.41, 5.74) is 3.47. The van der Waals surface area contributed by atoms with Crippen LogP contribution < -0.4 is 4.74 Å². The van der Waals surface area contributed by atoms with Gasteiger partial charge in [-0.25, -0.2) is 0 Å². The van der Waals surface area contributed by atoms with Crippen LogP contribution in [0.25, 0.3) is 10.9 Å². The van der Waals surface area contributed by atoms with E-state index < -0.39 is 0 Å². The first-order valence-corrected chi connectivity index (χ1v) is 8.57. The molecular formula is C20H19ClN2O. The molecule has 0 aliphatic carbocycles. The minimum Gasteiger partial charge on any atom is -0.489 e. The number of pyridine rings is 1. The Kier molecular flexibility index (Phi) is 4.13. The lowest BCUT2D eigenvalue weighted by Gasteiger charge is -2.22. The van der Waals surface area contributed by atoms with E-state index in [1.807, 2.05) is 30.5 Å². The molecule has 0 amide bonds. The maximum absolute atomic E-state index is 6.17. The monoisotopic (exact) mass is 338 g/mol. The molecule has 0 radical (unpaired) electrons. The first kappa shape index (κ1) is 15.4. The molecule has 3 aromatic rings. The first-order chi connectivity index (χ1) is 11.7. The Labute approximate surface area is 146 Å². The number of aromatic nitrogens is 1. The van der Waals surface area contributed by atoms with Crippen LogP contribution in [0.2, 0.25) is 5.02 Å². The number of fused-ring (bicyclic) bond motifs is 2. The molecule has 0 spiro atoms. The molecule has 2 heterocycles. The molecule has 0 bridgehead atoms. The molecule has 122 valence electrons. The summed E-state index contributed by atoms with van der Waals surface area (Å²) in [5, 5.41) is 1.96. The average Bonchev–Trinajstić information content (AvgIpc) is 2.72. The standard InChI is InChI=1S/C20H19ClN2O/c1-14-11-23(13-16-10-17(21)7-8-20(16)24-14)12-15-4-2-6-19-18(15)5-3-9-22-19/h2-10,14H,11-13H2,1H3. The van der Waals surface area contributed by atoms with E-state index in [4.69, 9.17) is 16.3 Å². The number of hydrogen-bond acceptors (Lipinski definition) is 3. The average molecular weight is 339 g/mol. The summed E-state index contributed by atoms with van der Waals surface area (Å²) in [5.74, 6) is 0.939. The van der Waals surface area contributed by atoms with Gasteiger partial charge in [0.25, 0.3) is 0 Å². The molecule has 1 unspecified atom stereocenters. The van der Waals surface area contributed by atoms with Crippen molar-refractivity contribution < 1.29 is 4.74 Å². The van der Waals surface area contributed by atoms with Crippen molar-refractivity contribution in [3.63, 3.8) is 0 Å². The van der Waals surface area contributed by atoms with Gasteiger partial charge in [-0.3, -0.25) is 9.88 Å². The quantitative estimate of drug-likeness (QED) is 0.679. The predicted octanol–water partition coefficient (Wildman–Crippen LogP) is 4.67. The van der Waals surface area contributed by atoms with Crippen molar-refractivity contribution in [2.24, 2.45) is 0 Å². The zero-order valence-electron chi connectivity index (χ0n) is 13.6. The van der Waals surface area contributed by atoms with Gasteiger partial charge in [0.15, 0.2) is 0 Å². The Morgan fingerprint density at radius 3 is 3.04 bits per heavy atom. The van der Waals surface area contributed by atoms with Crippen molar-refractivity contribution in [1.29, 1.82) is 0 Å². The predicted molar refractivity (Wildman–Crippen MR) is 97.4 cm³/mol. The Balaban J connectivity index is 1.66. The normalized spacial score (nSPS) is 18.0. The number of ether oxygens (including phenoxy) is 1. The van der Waals surface area contributed by atoms with E-state index in [0.717, 1.165) is 41.5 Å². The lowest BCUT2D eigenvalue weighted by Crippen LogP contribution is -2.30. The Hall–Kier alpha value is -2.10. The van der Waals surface area contributed by atoms with Crippen LogP contribution in [0.4, 0.5) is 0 Å². The molecular weight excluding hydrogens is 320 g/mol. The van der Waals surface area contributed by atoms with Crippen LogP contribution in [0.1, 0.15) is 18.1 Å². The molecule has 1 aromatic heterocycles. The van der Waals surface area contributed by atoms with Crippen molar-refractivity contribution in [1.82, 2.24) is 9.88 Å².